The summed E-state index contributed by atoms with van der Waals surface area (Å²) in [4.78, 5) is 11.3. The molecule has 0 atom stereocenters. The number of benzene rings is 1. The summed E-state index contributed by atoms with van der Waals surface area (Å²) in [5, 5.41) is 0. The lowest BCUT2D eigenvalue weighted by molar-refractivity contribution is -0.120. The largest absolute Gasteiger partial charge is 0.294 e. The first-order chi connectivity index (χ1) is 6.74. The molecule has 14 heavy (non-hydrogen) atoms. The first-order valence-electron chi connectivity index (χ1n) is 4.11. The number of hydrazine groups is 1. The molecule has 1 aromatic carbocycles. The molecule has 76 valence electrons. The molecular weight excluding hydrogens is 203 g/mol. The smallest absolute Gasteiger partial charge is 0.234 e. The molecule has 1 aromatic rings. The van der Waals surface area contributed by atoms with E-state index in [4.69, 9.17) is 5.84 Å². The Morgan fingerprint density at radius 2 is 2.21 bits per heavy atom. The van der Waals surface area contributed by atoms with Crippen LogP contribution in [0.25, 0.3) is 0 Å². The van der Waals surface area contributed by atoms with E-state index in [2.05, 4.69) is 0 Å². The Morgan fingerprint density at radius 1 is 1.50 bits per heavy atom. The van der Waals surface area contributed by atoms with Gasteiger partial charge in [-0.15, -0.1) is 11.8 Å². The molecular formula is C9H11FN2OS. The molecule has 0 heterocycles. The van der Waals surface area contributed by atoms with Gasteiger partial charge in [-0.05, 0) is 12.1 Å². The number of nitrogens with two attached hydrogens (primary N) is 1. The summed E-state index contributed by atoms with van der Waals surface area (Å²) < 4.78 is 13.0. The maximum Gasteiger partial charge on any atom is 0.234 e. The third kappa shape index (κ3) is 3.35. The fourth-order valence-electron chi connectivity index (χ4n) is 0.888. The number of nitrogens with one attached hydrogen (secondary N) is 1. The third-order valence-corrected chi connectivity index (χ3v) is 2.63. The highest BCUT2D eigenvalue weighted by molar-refractivity contribution is 7.99. The predicted molar refractivity (Wildman–Crippen MR) is 54.1 cm³/mol. The minimum atomic E-state index is -0.259. The normalized spacial score (nSPS) is 9.86. The number of amides is 1. The van der Waals surface area contributed by atoms with Gasteiger partial charge in [-0.2, -0.15) is 0 Å². The number of rotatable bonds is 4. The van der Waals surface area contributed by atoms with Crippen molar-refractivity contribution in [2.75, 3.05) is 5.75 Å². The van der Waals surface area contributed by atoms with Crippen LogP contribution >= 0.6 is 11.8 Å². The minimum absolute atomic E-state index is 0.242. The van der Waals surface area contributed by atoms with Gasteiger partial charge in [-0.25, -0.2) is 10.2 Å². The standard InChI is InChI=1S/C9H11FN2OS/c10-7-3-1-2-4-8(7)14-6-5-9(13)12-11/h1-4H,5-6,11H2,(H,12,13). The number of hydrogen-bond acceptors (Lipinski definition) is 3. The highest BCUT2D eigenvalue weighted by atomic mass is 32.2. The molecule has 1 rings (SSSR count). The first kappa shape index (κ1) is 11.0. The number of halogens is 1. The number of hydrogen-bond donors (Lipinski definition) is 2. The quantitative estimate of drug-likeness (QED) is 0.344. The van der Waals surface area contributed by atoms with Gasteiger partial charge in [0.2, 0.25) is 5.91 Å². The summed E-state index contributed by atoms with van der Waals surface area (Å²) in [6.45, 7) is 0. The van der Waals surface area contributed by atoms with E-state index in [1.807, 2.05) is 5.43 Å². The summed E-state index contributed by atoms with van der Waals surface area (Å²) in [5.41, 5.74) is 2.02. The van der Waals surface area contributed by atoms with Gasteiger partial charge in [0.1, 0.15) is 5.82 Å². The van der Waals surface area contributed by atoms with Crippen molar-refractivity contribution >= 4 is 17.7 Å². The lowest BCUT2D eigenvalue weighted by atomic mass is 10.3. The Labute approximate surface area is 85.8 Å². The summed E-state index contributed by atoms with van der Waals surface area (Å²) in [6.07, 6.45) is 0.287. The summed E-state index contributed by atoms with van der Waals surface area (Å²) >= 11 is 1.30. The second kappa shape index (κ2) is 5.62. The zero-order chi connectivity index (χ0) is 10.4. The van der Waals surface area contributed by atoms with E-state index in [9.17, 15) is 9.18 Å². The third-order valence-electron chi connectivity index (χ3n) is 1.58. The van der Waals surface area contributed by atoms with Crippen molar-refractivity contribution in [1.29, 1.82) is 0 Å². The highest BCUT2D eigenvalue weighted by Gasteiger charge is 2.02. The minimum Gasteiger partial charge on any atom is -0.294 e. The van der Waals surface area contributed by atoms with E-state index in [1.54, 1.807) is 18.2 Å². The van der Waals surface area contributed by atoms with Crippen molar-refractivity contribution in [3.05, 3.63) is 30.1 Å². The van der Waals surface area contributed by atoms with Gasteiger partial charge in [-0.1, -0.05) is 12.1 Å². The van der Waals surface area contributed by atoms with Crippen LogP contribution in [0.5, 0.6) is 0 Å². The lowest BCUT2D eigenvalue weighted by Crippen LogP contribution is -2.30. The van der Waals surface area contributed by atoms with Crippen molar-refractivity contribution in [3.63, 3.8) is 0 Å². The Morgan fingerprint density at radius 3 is 2.86 bits per heavy atom. The van der Waals surface area contributed by atoms with Crippen molar-refractivity contribution in [2.45, 2.75) is 11.3 Å². The first-order valence-corrected chi connectivity index (χ1v) is 5.09. The van der Waals surface area contributed by atoms with E-state index >= 15 is 0 Å². The van der Waals surface area contributed by atoms with Crippen LogP contribution in [0, 0.1) is 5.82 Å². The van der Waals surface area contributed by atoms with E-state index in [-0.39, 0.29) is 18.1 Å². The molecule has 0 aromatic heterocycles. The topological polar surface area (TPSA) is 55.1 Å². The molecule has 0 unspecified atom stereocenters. The molecule has 0 saturated heterocycles. The zero-order valence-electron chi connectivity index (χ0n) is 7.50. The number of carbonyl (C=O) groups is 1. The molecule has 0 aliphatic heterocycles. The average Bonchev–Trinajstić information content (AvgIpc) is 2.20. The molecule has 0 aliphatic rings. The maximum absolute atomic E-state index is 13.0. The molecule has 0 aliphatic carbocycles. The molecule has 3 nitrogen and oxygen atoms in total. The van der Waals surface area contributed by atoms with Crippen LogP contribution in [-0.2, 0) is 4.79 Å². The Bertz CT molecular complexity index is 319. The summed E-state index contributed by atoms with van der Waals surface area (Å²) in [5.74, 6) is 4.92. The monoisotopic (exact) mass is 214 g/mol. The van der Waals surface area contributed by atoms with Gasteiger partial charge in [0.25, 0.3) is 0 Å². The van der Waals surface area contributed by atoms with Crippen molar-refractivity contribution in [1.82, 2.24) is 5.43 Å². The maximum atomic E-state index is 13.0. The van der Waals surface area contributed by atoms with Gasteiger partial charge in [0.05, 0.1) is 0 Å². The average molecular weight is 214 g/mol. The molecule has 0 saturated carbocycles. The van der Waals surface area contributed by atoms with Crippen molar-refractivity contribution < 1.29 is 9.18 Å². The molecule has 0 spiro atoms. The number of thioether (sulfide) groups is 1. The van der Waals surface area contributed by atoms with Gasteiger partial charge in [-0.3, -0.25) is 10.2 Å². The Hall–Kier alpha value is -1.07. The number of carbonyl (C=O) groups excluding carboxylic acids is 1. The van der Waals surface area contributed by atoms with E-state index in [0.29, 0.717) is 10.6 Å². The predicted octanol–water partition coefficient (Wildman–Crippen LogP) is 1.30. The van der Waals surface area contributed by atoms with Crippen LogP contribution < -0.4 is 11.3 Å². The van der Waals surface area contributed by atoms with E-state index < -0.39 is 0 Å². The molecule has 0 fully saturated rings. The van der Waals surface area contributed by atoms with Gasteiger partial charge < -0.3 is 0 Å². The summed E-state index contributed by atoms with van der Waals surface area (Å²) in [6, 6.07) is 6.46. The van der Waals surface area contributed by atoms with E-state index in [0.717, 1.165) is 0 Å². The fraction of sp³-hybridized carbons (Fsp3) is 0.222. The van der Waals surface area contributed by atoms with Crippen LogP contribution in [0.3, 0.4) is 0 Å². The van der Waals surface area contributed by atoms with E-state index in [1.165, 1.54) is 17.8 Å². The Kier molecular flexibility index (Phi) is 4.42. The molecule has 0 radical (unpaired) electrons. The van der Waals surface area contributed by atoms with Crippen LogP contribution in [0.1, 0.15) is 6.42 Å². The van der Waals surface area contributed by atoms with Gasteiger partial charge >= 0.3 is 0 Å². The zero-order valence-corrected chi connectivity index (χ0v) is 8.31. The molecule has 1 amide bonds. The van der Waals surface area contributed by atoms with Crippen molar-refractivity contribution in [2.24, 2.45) is 5.84 Å². The van der Waals surface area contributed by atoms with Crippen LogP contribution in [0.15, 0.2) is 29.2 Å². The fourth-order valence-corrected chi connectivity index (χ4v) is 1.78. The lowest BCUT2D eigenvalue weighted by Gasteiger charge is -2.01. The van der Waals surface area contributed by atoms with Crippen molar-refractivity contribution in [3.8, 4) is 0 Å². The second-order valence-electron chi connectivity index (χ2n) is 2.60. The summed E-state index contributed by atoms with van der Waals surface area (Å²) in [7, 11) is 0. The van der Waals surface area contributed by atoms with Gasteiger partial charge in [0.15, 0.2) is 0 Å². The highest BCUT2D eigenvalue weighted by Crippen LogP contribution is 2.21. The Balaban J connectivity index is 2.39. The second-order valence-corrected chi connectivity index (χ2v) is 3.73. The van der Waals surface area contributed by atoms with Crippen LogP contribution in [-0.4, -0.2) is 11.7 Å². The van der Waals surface area contributed by atoms with Gasteiger partial charge in [0, 0.05) is 17.1 Å². The van der Waals surface area contributed by atoms with Crippen LogP contribution in [0.2, 0.25) is 0 Å². The molecule has 5 heteroatoms. The molecule has 3 N–H and O–H groups in total. The SMILES string of the molecule is NNC(=O)CCSc1ccccc1F. The van der Waals surface area contributed by atoms with Crippen LogP contribution in [0.4, 0.5) is 4.39 Å². The molecule has 0 bridgehead atoms.